The van der Waals surface area contributed by atoms with Crippen molar-refractivity contribution < 1.29 is 0 Å². The summed E-state index contributed by atoms with van der Waals surface area (Å²) >= 11 is 0. The summed E-state index contributed by atoms with van der Waals surface area (Å²) in [5, 5.41) is 8.35. The summed E-state index contributed by atoms with van der Waals surface area (Å²) in [5.41, 5.74) is 12.8. The van der Waals surface area contributed by atoms with Crippen molar-refractivity contribution in [1.29, 1.82) is 0 Å². The van der Waals surface area contributed by atoms with E-state index < -0.39 is 15.2 Å². The lowest BCUT2D eigenvalue weighted by Crippen LogP contribution is -2.38. The van der Waals surface area contributed by atoms with E-state index in [1.165, 1.54) is 88.0 Å². The first-order chi connectivity index (χ1) is 23.4. The van der Waals surface area contributed by atoms with Gasteiger partial charge in [0.2, 0.25) is 0 Å². The molecule has 6 aromatic rings. The standard InChI is InChI=1S/C45H47N2P2/c1-30-10-18-36(19-11-30)48-42-26-32(3)14-22-38(42)46(7)40-24-16-34(5)28-44(40)49(9,37-20-12-31(2)13-21-37)45-29-35(6)17-25-41(45)47(8)39-23-15-33(4)27-43(39)48/h10-29H,1-9H3/q+1. The Bertz CT molecular complexity index is 2070. The molecular weight excluding hydrogens is 630 g/mol. The Kier molecular flexibility index (Phi) is 8.77. The molecule has 0 saturated heterocycles. The number of anilines is 4. The lowest BCUT2D eigenvalue weighted by Gasteiger charge is -2.36. The fraction of sp³-hybridized carbons (Fsp3) is 0.200. The van der Waals surface area contributed by atoms with Crippen LogP contribution in [0.4, 0.5) is 22.7 Å². The quantitative estimate of drug-likeness (QED) is 0.169. The minimum absolute atomic E-state index is 0.926. The molecule has 0 aliphatic carbocycles. The van der Waals surface area contributed by atoms with Crippen LogP contribution in [-0.4, -0.2) is 20.8 Å². The van der Waals surface area contributed by atoms with Crippen LogP contribution in [0.1, 0.15) is 33.4 Å². The predicted octanol–water partition coefficient (Wildman–Crippen LogP) is 9.07. The summed E-state index contributed by atoms with van der Waals surface area (Å²) in [6.07, 6.45) is 0. The Labute approximate surface area is 295 Å². The van der Waals surface area contributed by atoms with Crippen LogP contribution in [0.25, 0.3) is 0 Å². The SMILES string of the molecule is Cc1ccc(P2c3cc(C)ccc3N(C)c3ccc(C)cc3[P+](C)(c3ccc(C)cc3)c3cc(C)ccc3N(C)c3ccc(C)cc32)cc1. The molecule has 0 unspecified atom stereocenters. The Morgan fingerprint density at radius 1 is 0.408 bits per heavy atom. The Morgan fingerprint density at radius 3 is 1.18 bits per heavy atom. The van der Waals surface area contributed by atoms with E-state index in [0.29, 0.717) is 0 Å². The molecule has 246 valence electrons. The molecule has 0 aromatic heterocycles. The van der Waals surface area contributed by atoms with E-state index in [1.807, 2.05) is 0 Å². The first-order valence-electron chi connectivity index (χ1n) is 17.2. The zero-order chi connectivity index (χ0) is 34.6. The lowest BCUT2D eigenvalue weighted by atomic mass is 10.1. The summed E-state index contributed by atoms with van der Waals surface area (Å²) in [6.45, 7) is 15.9. The average molecular weight is 678 g/mol. The van der Waals surface area contributed by atoms with Crippen molar-refractivity contribution in [3.05, 3.63) is 155 Å². The molecule has 0 saturated carbocycles. The molecule has 6 aromatic carbocycles. The van der Waals surface area contributed by atoms with Crippen LogP contribution in [0.3, 0.4) is 0 Å². The maximum atomic E-state index is 2.55. The van der Waals surface area contributed by atoms with E-state index in [1.54, 1.807) is 0 Å². The molecule has 0 spiro atoms. The average Bonchev–Trinajstić information content (AvgIpc) is 3.08. The number of benzene rings is 6. The molecular formula is C45H47N2P2+. The Morgan fingerprint density at radius 2 is 0.755 bits per heavy atom. The molecule has 0 N–H and O–H groups in total. The minimum atomic E-state index is -2.20. The maximum absolute atomic E-state index is 2.55. The second-order valence-electron chi connectivity index (χ2n) is 14.1. The van der Waals surface area contributed by atoms with Crippen molar-refractivity contribution in [3.63, 3.8) is 0 Å². The fourth-order valence-electron chi connectivity index (χ4n) is 7.36. The van der Waals surface area contributed by atoms with Crippen molar-refractivity contribution in [3.8, 4) is 0 Å². The highest BCUT2D eigenvalue weighted by atomic mass is 31.2. The van der Waals surface area contributed by atoms with Gasteiger partial charge in [-0.1, -0.05) is 82.9 Å². The predicted molar refractivity (Wildman–Crippen MR) is 221 cm³/mol. The molecule has 0 atom stereocenters. The topological polar surface area (TPSA) is 6.48 Å². The first-order valence-corrected chi connectivity index (χ1v) is 20.8. The number of fused-ring (bicyclic) bond motifs is 4. The van der Waals surface area contributed by atoms with Gasteiger partial charge in [-0.25, -0.2) is 0 Å². The van der Waals surface area contributed by atoms with E-state index in [2.05, 4.69) is 193 Å². The van der Waals surface area contributed by atoms with Gasteiger partial charge in [-0.3, -0.25) is 0 Å². The van der Waals surface area contributed by atoms with E-state index in [4.69, 9.17) is 0 Å². The van der Waals surface area contributed by atoms with Crippen molar-refractivity contribution >= 4 is 69.8 Å². The number of nitrogens with zero attached hydrogens (tertiary/aromatic N) is 2. The molecule has 0 fully saturated rings. The third kappa shape index (κ3) is 5.90. The van der Waals surface area contributed by atoms with Gasteiger partial charge in [-0.15, -0.1) is 0 Å². The minimum Gasteiger partial charge on any atom is -0.341 e. The van der Waals surface area contributed by atoms with Gasteiger partial charge in [0, 0.05) is 36.1 Å². The van der Waals surface area contributed by atoms with Gasteiger partial charge < -0.3 is 9.80 Å². The van der Waals surface area contributed by atoms with Crippen molar-refractivity contribution in [2.24, 2.45) is 0 Å². The molecule has 1 aliphatic rings. The first kappa shape index (κ1) is 33.3. The molecule has 1 aliphatic heterocycles. The zero-order valence-electron chi connectivity index (χ0n) is 30.3. The fourth-order valence-corrected chi connectivity index (χ4v) is 14.0. The number of hydrogen-bond donors (Lipinski definition) is 0. The number of rotatable bonds is 2. The second kappa shape index (κ2) is 12.9. The zero-order valence-corrected chi connectivity index (χ0v) is 32.1. The van der Waals surface area contributed by atoms with E-state index in [9.17, 15) is 0 Å². The molecule has 0 amide bonds. The van der Waals surface area contributed by atoms with Gasteiger partial charge >= 0.3 is 0 Å². The number of hydrogen-bond acceptors (Lipinski definition) is 2. The largest absolute Gasteiger partial charge is 0.341 e. The van der Waals surface area contributed by atoms with Crippen LogP contribution in [0.5, 0.6) is 0 Å². The molecule has 4 heteroatoms. The molecule has 1 heterocycles. The van der Waals surface area contributed by atoms with Gasteiger partial charge in [-0.05, 0) is 127 Å². The molecule has 0 radical (unpaired) electrons. The summed E-state index contributed by atoms with van der Waals surface area (Å²) in [7, 11) is 1.45. The van der Waals surface area contributed by atoms with Gasteiger partial charge in [0.1, 0.15) is 23.2 Å². The van der Waals surface area contributed by atoms with E-state index in [0.717, 1.165) is 0 Å². The van der Waals surface area contributed by atoms with Crippen LogP contribution < -0.4 is 41.6 Å². The molecule has 0 bridgehead atoms. The normalized spacial score (nSPS) is 17.3. The van der Waals surface area contributed by atoms with Crippen molar-refractivity contribution in [1.82, 2.24) is 0 Å². The second-order valence-corrected chi connectivity index (χ2v) is 19.7. The van der Waals surface area contributed by atoms with Crippen LogP contribution in [0.15, 0.2) is 121 Å². The van der Waals surface area contributed by atoms with Crippen LogP contribution in [0.2, 0.25) is 0 Å². The lowest BCUT2D eigenvalue weighted by molar-refractivity contribution is 1.21. The smallest absolute Gasteiger partial charge is 0.128 e. The van der Waals surface area contributed by atoms with Crippen LogP contribution >= 0.6 is 15.2 Å². The highest BCUT2D eigenvalue weighted by Crippen LogP contribution is 2.57. The van der Waals surface area contributed by atoms with Gasteiger partial charge in [0.25, 0.3) is 0 Å². The number of aryl methyl sites for hydroxylation is 6. The third-order valence-corrected chi connectivity index (χ3v) is 16.7. The van der Waals surface area contributed by atoms with E-state index in [-0.39, 0.29) is 0 Å². The highest BCUT2D eigenvalue weighted by Gasteiger charge is 2.46. The van der Waals surface area contributed by atoms with E-state index >= 15 is 0 Å². The highest BCUT2D eigenvalue weighted by molar-refractivity contribution is 7.95. The third-order valence-electron chi connectivity index (χ3n) is 10.3. The van der Waals surface area contributed by atoms with Crippen LogP contribution in [-0.2, 0) is 0 Å². The summed E-state index contributed by atoms with van der Waals surface area (Å²) < 4.78 is 0. The summed E-state index contributed by atoms with van der Waals surface area (Å²) in [4.78, 5) is 4.99. The Balaban J connectivity index is 1.67. The van der Waals surface area contributed by atoms with Gasteiger partial charge in [0.15, 0.2) is 0 Å². The molecule has 7 rings (SSSR count). The summed E-state index contributed by atoms with van der Waals surface area (Å²) in [5.74, 6) is 0. The van der Waals surface area contributed by atoms with Crippen molar-refractivity contribution in [2.75, 3.05) is 30.6 Å². The van der Waals surface area contributed by atoms with Gasteiger partial charge in [0.05, 0.1) is 18.0 Å². The Hall–Kier alpha value is -4.22. The van der Waals surface area contributed by atoms with Crippen LogP contribution in [0, 0.1) is 41.5 Å². The monoisotopic (exact) mass is 677 g/mol. The molecule has 49 heavy (non-hydrogen) atoms. The summed E-state index contributed by atoms with van der Waals surface area (Å²) in [6, 6.07) is 47.1. The molecule has 2 nitrogen and oxygen atoms in total. The maximum Gasteiger partial charge on any atom is 0.128 e. The van der Waals surface area contributed by atoms with Crippen molar-refractivity contribution in [2.45, 2.75) is 41.5 Å². The van der Waals surface area contributed by atoms with Gasteiger partial charge in [-0.2, -0.15) is 0 Å².